The van der Waals surface area contributed by atoms with E-state index in [1.54, 1.807) is 0 Å². The monoisotopic (exact) mass is 357 g/mol. The summed E-state index contributed by atoms with van der Waals surface area (Å²) in [6, 6.07) is 13.6. The lowest BCUT2D eigenvalue weighted by atomic mass is 10.2. The largest absolute Gasteiger partial charge is 0.462 e. The molecule has 3 aromatic rings. The summed E-state index contributed by atoms with van der Waals surface area (Å²) < 4.78 is 9.58. The highest BCUT2D eigenvalue weighted by molar-refractivity contribution is 6.31. The van der Waals surface area contributed by atoms with Crippen molar-refractivity contribution in [2.75, 3.05) is 6.61 Å². The molecule has 0 radical (unpaired) electrons. The number of fused-ring (bicyclic) bond motifs is 1. The van der Waals surface area contributed by atoms with Gasteiger partial charge in [0.2, 0.25) is 0 Å². The Balaban J connectivity index is 2.15. The van der Waals surface area contributed by atoms with Gasteiger partial charge in [0.1, 0.15) is 6.54 Å². The van der Waals surface area contributed by atoms with Crippen molar-refractivity contribution in [2.45, 2.75) is 33.9 Å². The molecular weight excluding hydrogens is 336 g/mol. The van der Waals surface area contributed by atoms with Gasteiger partial charge in [-0.15, -0.1) is 0 Å². The van der Waals surface area contributed by atoms with E-state index in [-0.39, 0.29) is 5.97 Å². The van der Waals surface area contributed by atoms with Crippen LogP contribution in [0, 0.1) is 6.92 Å². The summed E-state index contributed by atoms with van der Waals surface area (Å²) in [6.07, 6.45) is 0. The molecule has 0 saturated heterocycles. The zero-order valence-electron chi connectivity index (χ0n) is 14.8. The Kier molecular flexibility index (Phi) is 5.09. The molecule has 0 aliphatic carbocycles. The first-order chi connectivity index (χ1) is 12.1. The van der Waals surface area contributed by atoms with E-state index < -0.39 is 0 Å². The van der Waals surface area contributed by atoms with E-state index in [2.05, 4.69) is 23.0 Å². The van der Waals surface area contributed by atoms with Crippen LogP contribution in [0.1, 0.15) is 35.6 Å². The van der Waals surface area contributed by atoms with E-state index in [4.69, 9.17) is 16.3 Å². The first-order valence-corrected chi connectivity index (χ1v) is 8.87. The van der Waals surface area contributed by atoms with Crippen LogP contribution in [0.15, 0.2) is 42.5 Å². The standard InChI is InChI=1S/C20H22ClN2O2/c1-4-22-14(3)23(13-16-8-6-7-9-17(16)21)19-12-15(10-11-18(19)22)20(24)25-5-2/h6-12H,4-5,13H2,1-3H3/q+1. The molecule has 4 nitrogen and oxygen atoms in total. The van der Waals surface area contributed by atoms with Gasteiger partial charge >= 0.3 is 5.97 Å². The van der Waals surface area contributed by atoms with Crippen LogP contribution in [0.2, 0.25) is 5.02 Å². The van der Waals surface area contributed by atoms with Crippen molar-refractivity contribution < 1.29 is 14.1 Å². The Morgan fingerprint density at radius 2 is 1.96 bits per heavy atom. The molecule has 1 heterocycles. The number of ether oxygens (including phenoxy) is 1. The van der Waals surface area contributed by atoms with Gasteiger partial charge in [-0.05, 0) is 32.0 Å². The smallest absolute Gasteiger partial charge is 0.338 e. The van der Waals surface area contributed by atoms with Crippen LogP contribution in [0.25, 0.3) is 11.0 Å². The zero-order chi connectivity index (χ0) is 18.0. The second kappa shape index (κ2) is 7.28. The van der Waals surface area contributed by atoms with Gasteiger partial charge in [-0.3, -0.25) is 0 Å². The van der Waals surface area contributed by atoms with Crippen molar-refractivity contribution >= 4 is 28.6 Å². The van der Waals surface area contributed by atoms with Crippen LogP contribution in [0.3, 0.4) is 0 Å². The normalized spacial score (nSPS) is 11.0. The number of hydrogen-bond acceptors (Lipinski definition) is 2. The van der Waals surface area contributed by atoms with E-state index in [1.165, 1.54) is 0 Å². The van der Waals surface area contributed by atoms with Crippen molar-refractivity contribution in [1.29, 1.82) is 0 Å². The summed E-state index contributed by atoms with van der Waals surface area (Å²) >= 11 is 6.35. The summed E-state index contributed by atoms with van der Waals surface area (Å²) in [4.78, 5) is 12.1. The maximum Gasteiger partial charge on any atom is 0.338 e. The van der Waals surface area contributed by atoms with Gasteiger partial charge in [0, 0.05) is 23.6 Å². The second-order valence-electron chi connectivity index (χ2n) is 5.89. The van der Waals surface area contributed by atoms with Crippen LogP contribution >= 0.6 is 11.6 Å². The predicted octanol–water partition coefficient (Wildman–Crippen LogP) is 4.14. The molecule has 0 bridgehead atoms. The average molecular weight is 358 g/mol. The van der Waals surface area contributed by atoms with Gasteiger partial charge < -0.3 is 4.74 Å². The number of esters is 1. The molecule has 0 unspecified atom stereocenters. The number of rotatable bonds is 5. The average Bonchev–Trinajstić information content (AvgIpc) is 2.87. The fraction of sp³-hybridized carbons (Fsp3) is 0.300. The number of benzene rings is 2. The quantitative estimate of drug-likeness (QED) is 0.508. The van der Waals surface area contributed by atoms with E-state index in [0.29, 0.717) is 18.7 Å². The van der Waals surface area contributed by atoms with Crippen molar-refractivity contribution in [2.24, 2.45) is 0 Å². The van der Waals surface area contributed by atoms with Gasteiger partial charge in [0.15, 0.2) is 11.0 Å². The molecule has 1 aromatic heterocycles. The number of carbonyl (C=O) groups is 1. The molecule has 130 valence electrons. The highest BCUT2D eigenvalue weighted by Crippen LogP contribution is 2.22. The number of halogens is 1. The van der Waals surface area contributed by atoms with Gasteiger partial charge in [-0.25, -0.2) is 13.9 Å². The second-order valence-corrected chi connectivity index (χ2v) is 6.30. The lowest BCUT2D eigenvalue weighted by Crippen LogP contribution is -2.35. The molecule has 2 aromatic carbocycles. The Bertz CT molecular complexity index is 931. The Morgan fingerprint density at radius 1 is 1.20 bits per heavy atom. The lowest BCUT2D eigenvalue weighted by Gasteiger charge is -2.04. The number of aromatic nitrogens is 2. The molecule has 0 atom stereocenters. The van der Waals surface area contributed by atoms with Crippen molar-refractivity contribution in [3.05, 3.63) is 64.4 Å². The van der Waals surface area contributed by atoms with Crippen LogP contribution in [0.5, 0.6) is 0 Å². The zero-order valence-corrected chi connectivity index (χ0v) is 15.5. The summed E-state index contributed by atoms with van der Waals surface area (Å²) in [6.45, 7) is 7.89. The fourth-order valence-electron chi connectivity index (χ4n) is 3.20. The number of imidazole rings is 1. The first-order valence-electron chi connectivity index (χ1n) is 8.50. The molecule has 0 saturated carbocycles. The summed E-state index contributed by atoms with van der Waals surface area (Å²) in [7, 11) is 0. The minimum atomic E-state index is -0.296. The third-order valence-electron chi connectivity index (χ3n) is 4.45. The van der Waals surface area contributed by atoms with Crippen molar-refractivity contribution in [1.82, 2.24) is 4.57 Å². The maximum absolute atomic E-state index is 12.1. The minimum absolute atomic E-state index is 0.296. The van der Waals surface area contributed by atoms with Crippen LogP contribution < -0.4 is 4.57 Å². The highest BCUT2D eigenvalue weighted by Gasteiger charge is 2.23. The van der Waals surface area contributed by atoms with Gasteiger partial charge in [0.05, 0.1) is 18.7 Å². The summed E-state index contributed by atoms with van der Waals surface area (Å²) in [5, 5.41) is 0.744. The van der Waals surface area contributed by atoms with Gasteiger partial charge in [-0.2, -0.15) is 0 Å². The Morgan fingerprint density at radius 3 is 2.64 bits per heavy atom. The van der Waals surface area contributed by atoms with Crippen molar-refractivity contribution in [3.8, 4) is 0 Å². The third-order valence-corrected chi connectivity index (χ3v) is 4.82. The number of nitrogens with zero attached hydrogens (tertiary/aromatic N) is 2. The van der Waals surface area contributed by atoms with Crippen LogP contribution in [0.4, 0.5) is 0 Å². The molecule has 5 heteroatoms. The molecular formula is C20H22ClN2O2+. The third kappa shape index (κ3) is 3.27. The van der Waals surface area contributed by atoms with E-state index in [0.717, 1.165) is 34.0 Å². The SMILES string of the molecule is CCOC(=O)c1ccc2c(c1)n(Cc1ccccc1Cl)c(C)[n+]2CC. The van der Waals surface area contributed by atoms with Gasteiger partial charge in [-0.1, -0.05) is 29.8 Å². The number of aryl methyl sites for hydroxylation is 1. The molecule has 0 aliphatic heterocycles. The van der Waals surface area contributed by atoms with Crippen molar-refractivity contribution in [3.63, 3.8) is 0 Å². The maximum atomic E-state index is 12.1. The van der Waals surface area contributed by atoms with E-state index in [1.807, 2.05) is 49.4 Å². The molecule has 0 amide bonds. The highest BCUT2D eigenvalue weighted by atomic mass is 35.5. The van der Waals surface area contributed by atoms with Crippen LogP contribution in [-0.4, -0.2) is 17.1 Å². The Labute approximate surface area is 152 Å². The summed E-state index contributed by atoms with van der Waals surface area (Å²) in [5.41, 5.74) is 3.72. The molecule has 0 aliphatic rings. The molecule has 25 heavy (non-hydrogen) atoms. The molecule has 0 N–H and O–H groups in total. The lowest BCUT2D eigenvalue weighted by molar-refractivity contribution is -0.674. The molecule has 0 fully saturated rings. The fourth-order valence-corrected chi connectivity index (χ4v) is 3.39. The number of hydrogen-bond donors (Lipinski definition) is 0. The predicted molar refractivity (Wildman–Crippen MR) is 99.1 cm³/mol. The van der Waals surface area contributed by atoms with E-state index in [9.17, 15) is 4.79 Å². The van der Waals surface area contributed by atoms with Crippen LogP contribution in [-0.2, 0) is 17.8 Å². The van der Waals surface area contributed by atoms with Gasteiger partial charge in [0.25, 0.3) is 5.82 Å². The molecule has 0 spiro atoms. The van der Waals surface area contributed by atoms with E-state index >= 15 is 0 Å². The molecule has 3 rings (SSSR count). The first kappa shape index (κ1) is 17.5. The topological polar surface area (TPSA) is 35.1 Å². The summed E-state index contributed by atoms with van der Waals surface area (Å²) in [5.74, 6) is 0.828. The minimum Gasteiger partial charge on any atom is -0.462 e. The Hall–Kier alpha value is -2.33. The number of carbonyl (C=O) groups excluding carboxylic acids is 1.